The molecule has 86 valence electrons. The molecule has 1 aromatic carbocycles. The van der Waals surface area contributed by atoms with Crippen LogP contribution >= 0.6 is 0 Å². The lowest BCUT2D eigenvalue weighted by atomic mass is 9.77. The molecule has 4 heteroatoms. The van der Waals surface area contributed by atoms with E-state index in [4.69, 9.17) is 10.0 Å². The van der Waals surface area contributed by atoms with Crippen LogP contribution in [0, 0.1) is 12.7 Å². The minimum Gasteiger partial charge on any atom is -0.423 e. The zero-order valence-corrected chi connectivity index (χ0v) is 9.41. The molecule has 2 N–H and O–H groups in total. The molecule has 1 fully saturated rings. The lowest BCUT2D eigenvalue weighted by Gasteiger charge is -2.14. The number of benzene rings is 1. The van der Waals surface area contributed by atoms with E-state index in [2.05, 4.69) is 0 Å². The zero-order valence-electron chi connectivity index (χ0n) is 9.41. The van der Waals surface area contributed by atoms with Gasteiger partial charge in [-0.3, -0.25) is 0 Å². The summed E-state index contributed by atoms with van der Waals surface area (Å²) in [6, 6.07) is 3.10. The molecule has 1 saturated carbocycles. The fourth-order valence-corrected chi connectivity index (χ4v) is 2.51. The lowest BCUT2D eigenvalue weighted by Crippen LogP contribution is -2.31. The van der Waals surface area contributed by atoms with E-state index in [1.807, 2.05) is 0 Å². The summed E-state index contributed by atoms with van der Waals surface area (Å²) in [5.41, 5.74) is 1.54. The summed E-state index contributed by atoms with van der Waals surface area (Å²) in [7, 11) is -1.51. The summed E-state index contributed by atoms with van der Waals surface area (Å²) in [5.74, 6) is 0.0636. The normalized spacial score (nSPS) is 16.8. The standard InChI is InChI=1S/C12H16BFO2/c1-8-6-10(13(15)16)7-11(12(8)14)9-4-2-3-5-9/h6-7,9,15-16H,2-5H2,1H3. The van der Waals surface area contributed by atoms with E-state index in [0.717, 1.165) is 25.7 Å². The maximum Gasteiger partial charge on any atom is 0.488 e. The number of hydrogen-bond donors (Lipinski definition) is 2. The van der Waals surface area contributed by atoms with Crippen molar-refractivity contribution in [2.45, 2.75) is 38.5 Å². The Hall–Kier alpha value is -0.865. The van der Waals surface area contributed by atoms with Crippen LogP contribution in [0.5, 0.6) is 0 Å². The van der Waals surface area contributed by atoms with Gasteiger partial charge in [-0.15, -0.1) is 0 Å². The Morgan fingerprint density at radius 2 is 1.88 bits per heavy atom. The zero-order chi connectivity index (χ0) is 11.7. The summed E-state index contributed by atoms with van der Waals surface area (Å²) in [6.45, 7) is 1.67. The minimum absolute atomic E-state index is 0.184. The first-order chi connectivity index (χ1) is 7.59. The molecule has 16 heavy (non-hydrogen) atoms. The molecule has 0 unspecified atom stereocenters. The maximum atomic E-state index is 13.9. The Morgan fingerprint density at radius 3 is 2.44 bits per heavy atom. The minimum atomic E-state index is -1.51. The van der Waals surface area contributed by atoms with Gasteiger partial charge in [-0.1, -0.05) is 25.0 Å². The Morgan fingerprint density at radius 1 is 1.25 bits per heavy atom. The largest absolute Gasteiger partial charge is 0.488 e. The van der Waals surface area contributed by atoms with Crippen molar-refractivity contribution in [2.75, 3.05) is 0 Å². The van der Waals surface area contributed by atoms with Crippen LogP contribution < -0.4 is 5.46 Å². The second kappa shape index (κ2) is 4.56. The Labute approximate surface area is 95.3 Å². The van der Waals surface area contributed by atoms with E-state index in [-0.39, 0.29) is 11.7 Å². The summed E-state index contributed by atoms with van der Waals surface area (Å²) in [6.07, 6.45) is 4.27. The van der Waals surface area contributed by atoms with Gasteiger partial charge < -0.3 is 10.0 Å². The van der Waals surface area contributed by atoms with E-state index in [1.165, 1.54) is 6.07 Å². The van der Waals surface area contributed by atoms with Crippen molar-refractivity contribution in [3.8, 4) is 0 Å². The lowest BCUT2D eigenvalue weighted by molar-refractivity contribution is 0.425. The summed E-state index contributed by atoms with van der Waals surface area (Å²) < 4.78 is 13.9. The van der Waals surface area contributed by atoms with Crippen molar-refractivity contribution in [2.24, 2.45) is 0 Å². The molecule has 0 saturated heterocycles. The molecule has 0 bridgehead atoms. The van der Waals surface area contributed by atoms with Gasteiger partial charge in [-0.25, -0.2) is 4.39 Å². The average molecular weight is 222 g/mol. The predicted molar refractivity (Wildman–Crippen MR) is 62.2 cm³/mol. The first-order valence-electron chi connectivity index (χ1n) is 5.75. The number of rotatable bonds is 2. The van der Waals surface area contributed by atoms with Crippen LogP contribution in [0.15, 0.2) is 12.1 Å². The van der Waals surface area contributed by atoms with Crippen molar-refractivity contribution in [3.05, 3.63) is 29.1 Å². The molecular weight excluding hydrogens is 206 g/mol. The topological polar surface area (TPSA) is 40.5 Å². The summed E-state index contributed by atoms with van der Waals surface area (Å²) in [5, 5.41) is 18.3. The molecule has 1 aliphatic carbocycles. The third kappa shape index (κ3) is 2.13. The molecule has 2 nitrogen and oxygen atoms in total. The molecule has 0 aromatic heterocycles. The van der Waals surface area contributed by atoms with E-state index < -0.39 is 7.12 Å². The smallest absolute Gasteiger partial charge is 0.423 e. The van der Waals surface area contributed by atoms with Gasteiger partial charge in [0.1, 0.15) is 5.82 Å². The van der Waals surface area contributed by atoms with E-state index >= 15 is 0 Å². The van der Waals surface area contributed by atoms with Crippen molar-refractivity contribution >= 4 is 12.6 Å². The third-order valence-corrected chi connectivity index (χ3v) is 3.40. The Kier molecular flexibility index (Phi) is 3.31. The van der Waals surface area contributed by atoms with Gasteiger partial charge >= 0.3 is 7.12 Å². The first kappa shape index (κ1) is 11.6. The maximum absolute atomic E-state index is 13.9. The molecule has 0 amide bonds. The highest BCUT2D eigenvalue weighted by Crippen LogP contribution is 2.35. The van der Waals surface area contributed by atoms with Crippen LogP contribution in [0.3, 0.4) is 0 Å². The third-order valence-electron chi connectivity index (χ3n) is 3.40. The Bertz CT molecular complexity index is 387. The summed E-state index contributed by atoms with van der Waals surface area (Å²) >= 11 is 0. The first-order valence-corrected chi connectivity index (χ1v) is 5.75. The van der Waals surface area contributed by atoms with Crippen molar-refractivity contribution < 1.29 is 14.4 Å². The molecule has 0 atom stereocenters. The fourth-order valence-electron chi connectivity index (χ4n) is 2.51. The second-order valence-corrected chi connectivity index (χ2v) is 4.60. The fraction of sp³-hybridized carbons (Fsp3) is 0.500. The molecular formula is C12H16BFO2. The highest BCUT2D eigenvalue weighted by molar-refractivity contribution is 6.58. The highest BCUT2D eigenvalue weighted by atomic mass is 19.1. The van der Waals surface area contributed by atoms with Crippen LogP contribution in [-0.4, -0.2) is 17.2 Å². The van der Waals surface area contributed by atoms with Crippen molar-refractivity contribution in [1.82, 2.24) is 0 Å². The van der Waals surface area contributed by atoms with Gasteiger partial charge in [0.25, 0.3) is 0 Å². The number of hydrogen-bond acceptors (Lipinski definition) is 2. The molecule has 0 heterocycles. The van der Waals surface area contributed by atoms with Crippen LogP contribution in [0.1, 0.15) is 42.7 Å². The average Bonchev–Trinajstić information content (AvgIpc) is 2.74. The monoisotopic (exact) mass is 222 g/mol. The van der Waals surface area contributed by atoms with Gasteiger partial charge in [0.2, 0.25) is 0 Å². The number of halogens is 1. The van der Waals surface area contributed by atoms with Crippen molar-refractivity contribution in [3.63, 3.8) is 0 Å². The molecule has 0 radical (unpaired) electrons. The quantitative estimate of drug-likeness (QED) is 0.744. The van der Waals surface area contributed by atoms with Gasteiger partial charge in [-0.2, -0.15) is 0 Å². The molecule has 1 aromatic rings. The molecule has 2 rings (SSSR count). The predicted octanol–water partition coefficient (Wildman–Crippen LogP) is 1.47. The Balaban J connectivity index is 2.41. The van der Waals surface area contributed by atoms with Crippen LogP contribution in [-0.2, 0) is 0 Å². The molecule has 1 aliphatic rings. The molecule has 0 aliphatic heterocycles. The van der Waals surface area contributed by atoms with Gasteiger partial charge in [-0.05, 0) is 42.3 Å². The second-order valence-electron chi connectivity index (χ2n) is 4.60. The van der Waals surface area contributed by atoms with Gasteiger partial charge in [0, 0.05) is 0 Å². The van der Waals surface area contributed by atoms with Crippen molar-refractivity contribution in [1.29, 1.82) is 0 Å². The number of aryl methyl sites for hydroxylation is 1. The van der Waals surface area contributed by atoms with Crippen LogP contribution in [0.2, 0.25) is 0 Å². The van der Waals surface area contributed by atoms with Crippen LogP contribution in [0.4, 0.5) is 4.39 Å². The highest BCUT2D eigenvalue weighted by Gasteiger charge is 2.23. The summed E-state index contributed by atoms with van der Waals surface area (Å²) in [4.78, 5) is 0. The van der Waals surface area contributed by atoms with Gasteiger partial charge in [0.05, 0.1) is 0 Å². The van der Waals surface area contributed by atoms with Crippen LogP contribution in [0.25, 0.3) is 0 Å². The SMILES string of the molecule is Cc1cc(B(O)O)cc(C2CCCC2)c1F. The van der Waals surface area contributed by atoms with E-state index in [9.17, 15) is 4.39 Å². The van der Waals surface area contributed by atoms with E-state index in [0.29, 0.717) is 16.6 Å². The van der Waals surface area contributed by atoms with Gasteiger partial charge in [0.15, 0.2) is 0 Å². The molecule has 0 spiro atoms. The van der Waals surface area contributed by atoms with E-state index in [1.54, 1.807) is 13.0 Å².